The third kappa shape index (κ3) is 3.14. The van der Waals surface area contributed by atoms with Gasteiger partial charge in [0.15, 0.2) is 5.76 Å². The highest BCUT2D eigenvalue weighted by molar-refractivity contribution is 5.93. The summed E-state index contributed by atoms with van der Waals surface area (Å²) in [7, 11) is 1.69. The van der Waals surface area contributed by atoms with Crippen LogP contribution in [0.15, 0.2) is 65.6 Å². The summed E-state index contributed by atoms with van der Waals surface area (Å²) in [6, 6.07) is 13.0. The highest BCUT2D eigenvalue weighted by Gasteiger charge is 2.17. The molecule has 0 unspecified atom stereocenters. The molecule has 7 heteroatoms. The minimum Gasteiger partial charge on any atom is -0.359 e. The summed E-state index contributed by atoms with van der Waals surface area (Å²) < 4.78 is 5.34. The minimum atomic E-state index is -0.234. The van der Waals surface area contributed by atoms with Crippen molar-refractivity contribution in [1.82, 2.24) is 25.0 Å². The van der Waals surface area contributed by atoms with Crippen LogP contribution in [0.3, 0.4) is 0 Å². The number of hydrogen-bond acceptors (Lipinski definition) is 6. The Kier molecular flexibility index (Phi) is 4.10. The SMILES string of the molecule is CN(Cc1cc(-c2cccnc2)no1)C(=O)c1cnc2ccccc2n1. The fraction of sp³-hybridized carbons (Fsp3) is 0.105. The van der Waals surface area contributed by atoms with Crippen molar-refractivity contribution in [2.24, 2.45) is 0 Å². The summed E-state index contributed by atoms with van der Waals surface area (Å²) in [5, 5.41) is 4.03. The molecular weight excluding hydrogens is 330 g/mol. The maximum atomic E-state index is 12.6. The molecule has 3 heterocycles. The minimum absolute atomic E-state index is 0.234. The van der Waals surface area contributed by atoms with Crippen LogP contribution in [0.4, 0.5) is 0 Å². The van der Waals surface area contributed by atoms with Crippen molar-refractivity contribution < 1.29 is 9.32 Å². The van der Waals surface area contributed by atoms with Crippen LogP contribution in [0.25, 0.3) is 22.3 Å². The number of rotatable bonds is 4. The van der Waals surface area contributed by atoms with Gasteiger partial charge in [0, 0.05) is 31.1 Å². The van der Waals surface area contributed by atoms with Crippen LogP contribution < -0.4 is 0 Å². The third-order valence-corrected chi connectivity index (χ3v) is 3.92. The lowest BCUT2D eigenvalue weighted by molar-refractivity contribution is 0.0766. The van der Waals surface area contributed by atoms with Crippen LogP contribution in [0, 0.1) is 0 Å². The molecule has 0 radical (unpaired) electrons. The summed E-state index contributed by atoms with van der Waals surface area (Å²) in [5.74, 6) is 0.344. The van der Waals surface area contributed by atoms with Crippen molar-refractivity contribution in [2.45, 2.75) is 6.54 Å². The van der Waals surface area contributed by atoms with Gasteiger partial charge in [-0.2, -0.15) is 0 Å². The van der Waals surface area contributed by atoms with Gasteiger partial charge in [-0.15, -0.1) is 0 Å². The third-order valence-electron chi connectivity index (χ3n) is 3.92. The number of aromatic nitrogens is 4. The highest BCUT2D eigenvalue weighted by Crippen LogP contribution is 2.19. The molecule has 4 aromatic rings. The molecule has 0 aliphatic carbocycles. The van der Waals surface area contributed by atoms with Crippen LogP contribution >= 0.6 is 0 Å². The molecule has 0 bridgehead atoms. The molecule has 0 aliphatic rings. The van der Waals surface area contributed by atoms with Crippen molar-refractivity contribution in [3.8, 4) is 11.3 Å². The second-order valence-electron chi connectivity index (χ2n) is 5.83. The second-order valence-corrected chi connectivity index (χ2v) is 5.83. The van der Waals surface area contributed by atoms with E-state index in [1.165, 1.54) is 11.1 Å². The maximum Gasteiger partial charge on any atom is 0.274 e. The van der Waals surface area contributed by atoms with E-state index < -0.39 is 0 Å². The Balaban J connectivity index is 1.51. The van der Waals surface area contributed by atoms with Crippen LogP contribution in [-0.2, 0) is 6.54 Å². The Hall–Kier alpha value is -3.61. The van der Waals surface area contributed by atoms with Gasteiger partial charge in [-0.05, 0) is 24.3 Å². The molecule has 0 saturated carbocycles. The van der Waals surface area contributed by atoms with Crippen LogP contribution in [0.2, 0.25) is 0 Å². The fourth-order valence-electron chi connectivity index (χ4n) is 2.60. The number of carbonyl (C=O) groups is 1. The summed E-state index contributed by atoms with van der Waals surface area (Å²) in [5.41, 5.74) is 3.27. The lowest BCUT2D eigenvalue weighted by Crippen LogP contribution is -2.27. The van der Waals surface area contributed by atoms with E-state index in [-0.39, 0.29) is 18.1 Å². The topological polar surface area (TPSA) is 85.0 Å². The van der Waals surface area contributed by atoms with Gasteiger partial charge in [-0.3, -0.25) is 14.8 Å². The van der Waals surface area contributed by atoms with Gasteiger partial charge in [-0.25, -0.2) is 4.98 Å². The predicted octanol–water partition coefficient (Wildman–Crippen LogP) is 2.95. The standard InChI is InChI=1S/C19H15N5O2/c1-24(12-14-9-17(23-26-14)13-5-4-8-20-10-13)19(25)18-11-21-15-6-2-3-7-16(15)22-18/h2-11H,12H2,1H3. The van der Waals surface area contributed by atoms with E-state index in [0.29, 0.717) is 17.0 Å². The van der Waals surface area contributed by atoms with Gasteiger partial charge < -0.3 is 9.42 Å². The largest absolute Gasteiger partial charge is 0.359 e. The number of fused-ring (bicyclic) bond motifs is 1. The molecule has 0 atom stereocenters. The number of carbonyl (C=O) groups excluding carboxylic acids is 1. The normalized spacial score (nSPS) is 10.8. The first-order valence-electron chi connectivity index (χ1n) is 8.04. The van der Waals surface area contributed by atoms with Crippen molar-refractivity contribution in [3.05, 3.63) is 72.5 Å². The first kappa shape index (κ1) is 15.9. The molecule has 0 saturated heterocycles. The maximum absolute atomic E-state index is 12.6. The van der Waals surface area contributed by atoms with Gasteiger partial charge in [0.1, 0.15) is 11.4 Å². The molecule has 7 nitrogen and oxygen atoms in total. The zero-order valence-corrected chi connectivity index (χ0v) is 14.0. The Morgan fingerprint density at radius 2 is 1.96 bits per heavy atom. The predicted molar refractivity (Wildman–Crippen MR) is 95.1 cm³/mol. The zero-order chi connectivity index (χ0) is 17.9. The smallest absolute Gasteiger partial charge is 0.274 e. The van der Waals surface area contributed by atoms with E-state index in [1.807, 2.05) is 36.4 Å². The van der Waals surface area contributed by atoms with E-state index >= 15 is 0 Å². The molecule has 0 spiro atoms. The molecule has 26 heavy (non-hydrogen) atoms. The first-order valence-corrected chi connectivity index (χ1v) is 8.04. The Labute approximate surface area is 149 Å². The van der Waals surface area contributed by atoms with Crippen molar-refractivity contribution >= 4 is 16.9 Å². The summed E-state index contributed by atoms with van der Waals surface area (Å²) >= 11 is 0. The van der Waals surface area contributed by atoms with Gasteiger partial charge in [0.25, 0.3) is 5.91 Å². The fourth-order valence-corrected chi connectivity index (χ4v) is 2.60. The number of pyridine rings is 1. The first-order chi connectivity index (χ1) is 12.7. The lowest BCUT2D eigenvalue weighted by atomic mass is 10.2. The van der Waals surface area contributed by atoms with Crippen LogP contribution in [0.5, 0.6) is 0 Å². The number of nitrogens with zero attached hydrogens (tertiary/aromatic N) is 5. The van der Waals surface area contributed by atoms with E-state index in [9.17, 15) is 4.79 Å². The molecule has 0 fully saturated rings. The summed E-state index contributed by atoms with van der Waals surface area (Å²) in [6.07, 6.45) is 4.89. The number of para-hydroxylation sites is 2. The molecule has 1 aromatic carbocycles. The average molecular weight is 345 g/mol. The average Bonchev–Trinajstić information content (AvgIpc) is 3.16. The highest BCUT2D eigenvalue weighted by atomic mass is 16.5. The van der Waals surface area contributed by atoms with Gasteiger partial charge in [-0.1, -0.05) is 17.3 Å². The Morgan fingerprint density at radius 3 is 2.77 bits per heavy atom. The van der Waals surface area contributed by atoms with Gasteiger partial charge >= 0.3 is 0 Å². The second kappa shape index (κ2) is 6.72. The summed E-state index contributed by atoms with van der Waals surface area (Å²) in [4.78, 5) is 26.9. The molecule has 3 aromatic heterocycles. The van der Waals surface area contributed by atoms with E-state index in [4.69, 9.17) is 4.52 Å². The quantitative estimate of drug-likeness (QED) is 0.565. The van der Waals surface area contributed by atoms with Crippen molar-refractivity contribution in [2.75, 3.05) is 7.05 Å². The van der Waals surface area contributed by atoms with E-state index in [2.05, 4.69) is 20.1 Å². The molecule has 0 aliphatic heterocycles. The summed E-state index contributed by atoms with van der Waals surface area (Å²) in [6.45, 7) is 0.278. The van der Waals surface area contributed by atoms with E-state index in [1.54, 1.807) is 25.5 Å². The molecule has 128 valence electrons. The number of amides is 1. The number of benzene rings is 1. The van der Waals surface area contributed by atoms with Crippen LogP contribution in [-0.4, -0.2) is 38.0 Å². The molecular formula is C19H15N5O2. The van der Waals surface area contributed by atoms with Crippen LogP contribution in [0.1, 0.15) is 16.2 Å². The lowest BCUT2D eigenvalue weighted by Gasteiger charge is -2.14. The number of hydrogen-bond donors (Lipinski definition) is 0. The molecule has 0 N–H and O–H groups in total. The molecule has 1 amide bonds. The monoisotopic (exact) mass is 345 g/mol. The van der Waals surface area contributed by atoms with Crippen molar-refractivity contribution in [3.63, 3.8) is 0 Å². The Bertz CT molecular complexity index is 1060. The zero-order valence-electron chi connectivity index (χ0n) is 14.0. The van der Waals surface area contributed by atoms with Gasteiger partial charge in [0.05, 0.1) is 23.8 Å². The van der Waals surface area contributed by atoms with Crippen molar-refractivity contribution in [1.29, 1.82) is 0 Å². The molecule has 4 rings (SSSR count). The Morgan fingerprint density at radius 1 is 1.12 bits per heavy atom. The van der Waals surface area contributed by atoms with Gasteiger partial charge in [0.2, 0.25) is 0 Å². The van der Waals surface area contributed by atoms with E-state index in [0.717, 1.165) is 11.1 Å².